The molecule has 0 spiro atoms. The first-order valence-corrected chi connectivity index (χ1v) is 8.68. The van der Waals surface area contributed by atoms with Gasteiger partial charge in [0.15, 0.2) is 0 Å². The number of amides is 1. The summed E-state index contributed by atoms with van der Waals surface area (Å²) in [5, 5.41) is 0.664. The van der Waals surface area contributed by atoms with Crippen molar-refractivity contribution in [3.05, 3.63) is 28.3 Å². The van der Waals surface area contributed by atoms with Gasteiger partial charge in [-0.05, 0) is 69.7 Å². The van der Waals surface area contributed by atoms with Crippen molar-refractivity contribution in [2.24, 2.45) is 0 Å². The van der Waals surface area contributed by atoms with Crippen LogP contribution in [-0.2, 0) is 11.2 Å². The number of fused-ring (bicyclic) bond motifs is 1. The lowest BCUT2D eigenvalue weighted by molar-refractivity contribution is 0.0223. The summed E-state index contributed by atoms with van der Waals surface area (Å²) in [5.74, 6) is 0.870. The first kappa shape index (κ1) is 16.4. The lowest BCUT2D eigenvalue weighted by Crippen LogP contribution is -2.36. The SMILES string of the molecule is CC(C)(C)OC(=O)N1CCCC1c1cc(Cl)cc2c1CCCO2. The summed E-state index contributed by atoms with van der Waals surface area (Å²) < 4.78 is 11.3. The summed E-state index contributed by atoms with van der Waals surface area (Å²) in [4.78, 5) is 14.4. The number of benzene rings is 1. The molecule has 1 fully saturated rings. The van der Waals surface area contributed by atoms with Crippen molar-refractivity contribution in [1.29, 1.82) is 0 Å². The summed E-state index contributed by atoms with van der Waals surface area (Å²) in [6.07, 6.45) is 3.64. The third kappa shape index (κ3) is 3.57. The van der Waals surface area contributed by atoms with E-state index in [9.17, 15) is 4.79 Å². The Bertz CT molecular complexity index is 609. The zero-order chi connectivity index (χ0) is 16.6. The van der Waals surface area contributed by atoms with Gasteiger partial charge < -0.3 is 14.4 Å². The van der Waals surface area contributed by atoms with Gasteiger partial charge >= 0.3 is 6.09 Å². The van der Waals surface area contributed by atoms with E-state index in [0.29, 0.717) is 5.02 Å². The number of likely N-dealkylation sites (tertiary alicyclic amines) is 1. The molecule has 0 aromatic heterocycles. The molecule has 126 valence electrons. The number of hydrogen-bond donors (Lipinski definition) is 0. The molecule has 1 amide bonds. The minimum absolute atomic E-state index is 0.0269. The van der Waals surface area contributed by atoms with E-state index in [2.05, 4.69) is 0 Å². The van der Waals surface area contributed by atoms with E-state index in [1.165, 1.54) is 5.56 Å². The highest BCUT2D eigenvalue weighted by Gasteiger charge is 2.35. The zero-order valence-electron chi connectivity index (χ0n) is 14.0. The van der Waals surface area contributed by atoms with Crippen molar-refractivity contribution in [2.75, 3.05) is 13.2 Å². The predicted molar refractivity (Wildman–Crippen MR) is 90.2 cm³/mol. The number of carbonyl (C=O) groups excluding carboxylic acids is 1. The van der Waals surface area contributed by atoms with Crippen LogP contribution >= 0.6 is 11.6 Å². The van der Waals surface area contributed by atoms with Crippen LogP contribution in [-0.4, -0.2) is 29.7 Å². The van der Waals surface area contributed by atoms with Crippen LogP contribution in [0.2, 0.25) is 5.02 Å². The maximum atomic E-state index is 12.5. The van der Waals surface area contributed by atoms with E-state index in [1.807, 2.05) is 37.8 Å². The molecule has 5 heteroatoms. The van der Waals surface area contributed by atoms with Gasteiger partial charge in [0.25, 0.3) is 0 Å². The Hall–Kier alpha value is -1.42. The Kier molecular flexibility index (Phi) is 4.45. The minimum atomic E-state index is -0.485. The van der Waals surface area contributed by atoms with E-state index in [-0.39, 0.29) is 12.1 Å². The third-order valence-corrected chi connectivity index (χ3v) is 4.49. The largest absolute Gasteiger partial charge is 0.493 e. The molecule has 4 nitrogen and oxygen atoms in total. The van der Waals surface area contributed by atoms with E-state index in [4.69, 9.17) is 21.1 Å². The Morgan fingerprint density at radius 3 is 2.87 bits per heavy atom. The van der Waals surface area contributed by atoms with Crippen LogP contribution in [0.15, 0.2) is 12.1 Å². The second-order valence-electron chi connectivity index (χ2n) is 7.26. The van der Waals surface area contributed by atoms with Crippen molar-refractivity contribution in [3.63, 3.8) is 0 Å². The molecule has 1 atom stereocenters. The molecule has 0 saturated carbocycles. The molecule has 1 aromatic rings. The quantitative estimate of drug-likeness (QED) is 0.743. The molecule has 1 aromatic carbocycles. The zero-order valence-corrected chi connectivity index (χ0v) is 14.8. The van der Waals surface area contributed by atoms with E-state index in [0.717, 1.165) is 50.1 Å². The van der Waals surface area contributed by atoms with Crippen LogP contribution < -0.4 is 4.74 Å². The van der Waals surface area contributed by atoms with E-state index < -0.39 is 5.60 Å². The number of nitrogens with zero attached hydrogens (tertiary/aromatic N) is 1. The molecule has 0 bridgehead atoms. The Balaban J connectivity index is 1.91. The highest BCUT2D eigenvalue weighted by Crippen LogP contribution is 2.41. The van der Waals surface area contributed by atoms with Crippen molar-refractivity contribution in [3.8, 4) is 5.75 Å². The van der Waals surface area contributed by atoms with E-state index in [1.54, 1.807) is 0 Å². The van der Waals surface area contributed by atoms with Gasteiger partial charge in [-0.15, -0.1) is 0 Å². The topological polar surface area (TPSA) is 38.8 Å². The summed E-state index contributed by atoms with van der Waals surface area (Å²) >= 11 is 6.28. The Morgan fingerprint density at radius 1 is 1.35 bits per heavy atom. The highest BCUT2D eigenvalue weighted by molar-refractivity contribution is 6.30. The van der Waals surface area contributed by atoms with Gasteiger partial charge in [0.1, 0.15) is 11.4 Å². The Morgan fingerprint density at radius 2 is 2.13 bits per heavy atom. The molecule has 2 heterocycles. The van der Waals surface area contributed by atoms with Crippen LogP contribution in [0, 0.1) is 0 Å². The van der Waals surface area contributed by atoms with Gasteiger partial charge in [0.05, 0.1) is 12.6 Å². The summed E-state index contributed by atoms with van der Waals surface area (Å²) in [6, 6.07) is 3.90. The molecular weight excluding hydrogens is 314 g/mol. The molecular formula is C18H24ClNO3. The molecule has 23 heavy (non-hydrogen) atoms. The van der Waals surface area contributed by atoms with Crippen LogP contribution in [0.25, 0.3) is 0 Å². The van der Waals surface area contributed by atoms with Gasteiger partial charge in [-0.3, -0.25) is 0 Å². The number of carbonyl (C=O) groups is 1. The molecule has 0 radical (unpaired) electrons. The van der Waals surface area contributed by atoms with Gasteiger partial charge in [-0.1, -0.05) is 11.6 Å². The molecule has 0 aliphatic carbocycles. The minimum Gasteiger partial charge on any atom is -0.493 e. The van der Waals surface area contributed by atoms with Crippen LogP contribution in [0.1, 0.15) is 57.2 Å². The molecule has 3 rings (SSSR count). The lowest BCUT2D eigenvalue weighted by atomic mass is 9.93. The first-order chi connectivity index (χ1) is 10.8. The van der Waals surface area contributed by atoms with Gasteiger partial charge in [0, 0.05) is 11.6 Å². The van der Waals surface area contributed by atoms with Gasteiger partial charge in [-0.2, -0.15) is 0 Å². The maximum Gasteiger partial charge on any atom is 0.410 e. The second kappa shape index (κ2) is 6.23. The third-order valence-electron chi connectivity index (χ3n) is 4.28. The monoisotopic (exact) mass is 337 g/mol. The molecule has 2 aliphatic rings. The highest BCUT2D eigenvalue weighted by atomic mass is 35.5. The fraction of sp³-hybridized carbons (Fsp3) is 0.611. The average Bonchev–Trinajstić information content (AvgIpc) is 2.93. The van der Waals surface area contributed by atoms with Crippen LogP contribution in [0.4, 0.5) is 4.79 Å². The fourth-order valence-electron chi connectivity index (χ4n) is 3.39. The number of hydrogen-bond acceptors (Lipinski definition) is 3. The predicted octanol–water partition coefficient (Wildman–Crippen LogP) is 4.74. The summed E-state index contributed by atoms with van der Waals surface area (Å²) in [6.45, 7) is 7.14. The maximum absolute atomic E-state index is 12.5. The number of rotatable bonds is 1. The second-order valence-corrected chi connectivity index (χ2v) is 7.69. The first-order valence-electron chi connectivity index (χ1n) is 8.30. The van der Waals surface area contributed by atoms with Crippen LogP contribution in [0.5, 0.6) is 5.75 Å². The fourth-order valence-corrected chi connectivity index (χ4v) is 3.60. The molecule has 1 unspecified atom stereocenters. The average molecular weight is 338 g/mol. The van der Waals surface area contributed by atoms with E-state index >= 15 is 0 Å². The number of ether oxygens (including phenoxy) is 2. The normalized spacial score (nSPS) is 20.9. The molecule has 2 aliphatic heterocycles. The lowest BCUT2D eigenvalue weighted by Gasteiger charge is -2.31. The van der Waals surface area contributed by atoms with Crippen molar-refractivity contribution in [2.45, 2.75) is 58.1 Å². The standard InChI is InChI=1S/C18H24ClNO3/c1-18(2,3)23-17(21)20-8-4-7-15(20)14-10-12(19)11-16-13(14)6-5-9-22-16/h10-11,15H,4-9H2,1-3H3. The smallest absolute Gasteiger partial charge is 0.410 e. The summed E-state index contributed by atoms with van der Waals surface area (Å²) in [7, 11) is 0. The Labute approximate surface area is 142 Å². The van der Waals surface area contributed by atoms with Crippen LogP contribution in [0.3, 0.4) is 0 Å². The van der Waals surface area contributed by atoms with Gasteiger partial charge in [-0.25, -0.2) is 4.79 Å². The van der Waals surface area contributed by atoms with Crippen molar-refractivity contribution >= 4 is 17.7 Å². The molecule has 1 saturated heterocycles. The molecule has 0 N–H and O–H groups in total. The van der Waals surface area contributed by atoms with Crippen molar-refractivity contribution < 1.29 is 14.3 Å². The van der Waals surface area contributed by atoms with Crippen molar-refractivity contribution in [1.82, 2.24) is 4.90 Å². The number of halogens is 1. The summed E-state index contributed by atoms with van der Waals surface area (Å²) in [5.41, 5.74) is 1.83. The van der Waals surface area contributed by atoms with Gasteiger partial charge in [0.2, 0.25) is 0 Å².